The smallest absolute Gasteiger partial charge is 0.141 e. The van der Waals surface area contributed by atoms with Gasteiger partial charge in [0.25, 0.3) is 0 Å². The fourth-order valence-corrected chi connectivity index (χ4v) is 2.20. The maximum Gasteiger partial charge on any atom is 0.141 e. The van der Waals surface area contributed by atoms with Gasteiger partial charge in [-0.05, 0) is 39.2 Å². The van der Waals surface area contributed by atoms with Gasteiger partial charge in [-0.25, -0.2) is 0 Å². The van der Waals surface area contributed by atoms with Gasteiger partial charge in [0.15, 0.2) is 0 Å². The van der Waals surface area contributed by atoms with Crippen molar-refractivity contribution in [1.29, 1.82) is 0 Å². The lowest BCUT2D eigenvalue weighted by Gasteiger charge is -2.13. The molecule has 0 saturated carbocycles. The Labute approximate surface area is 114 Å². The molecule has 18 heavy (non-hydrogen) atoms. The monoisotopic (exact) mass is 308 g/mol. The van der Waals surface area contributed by atoms with Crippen LogP contribution in [0.5, 0.6) is 11.5 Å². The van der Waals surface area contributed by atoms with Crippen molar-refractivity contribution in [1.82, 2.24) is 0 Å². The summed E-state index contributed by atoms with van der Waals surface area (Å²) in [5.74, 6) is 0.0674. The van der Waals surface area contributed by atoms with E-state index in [-0.39, 0.29) is 11.5 Å². The average molecular weight is 309 g/mol. The van der Waals surface area contributed by atoms with E-state index < -0.39 is 0 Å². The molecule has 0 radical (unpaired) electrons. The van der Waals surface area contributed by atoms with Crippen molar-refractivity contribution < 1.29 is 14.9 Å². The summed E-state index contributed by atoms with van der Waals surface area (Å²) in [6.07, 6.45) is 0. The van der Waals surface area contributed by atoms with Gasteiger partial charge in [-0.2, -0.15) is 0 Å². The minimum absolute atomic E-state index is 0.0264. The van der Waals surface area contributed by atoms with Crippen LogP contribution in [-0.4, -0.2) is 17.3 Å². The van der Waals surface area contributed by atoms with Crippen molar-refractivity contribution in [2.45, 2.75) is 6.61 Å². The fraction of sp³-hybridized carbons (Fsp3) is 0.143. The second-order valence-electron chi connectivity index (χ2n) is 3.88. The van der Waals surface area contributed by atoms with Crippen LogP contribution in [0.25, 0.3) is 11.1 Å². The van der Waals surface area contributed by atoms with Gasteiger partial charge in [-0.3, -0.25) is 0 Å². The molecule has 0 bridgehead atoms. The second-order valence-corrected chi connectivity index (χ2v) is 4.73. The molecule has 94 valence electrons. The molecule has 2 N–H and O–H groups in total. The highest BCUT2D eigenvalue weighted by Crippen LogP contribution is 2.42. The third kappa shape index (κ3) is 2.35. The predicted octanol–water partition coefficient (Wildman–Crippen LogP) is 3.67. The van der Waals surface area contributed by atoms with E-state index in [4.69, 9.17) is 4.74 Å². The molecule has 0 heterocycles. The Hall–Kier alpha value is -1.52. The molecule has 2 aromatic rings. The molecule has 0 aromatic heterocycles. The number of hydrogen-bond acceptors (Lipinski definition) is 3. The fourth-order valence-electron chi connectivity index (χ4n) is 1.87. The van der Waals surface area contributed by atoms with Gasteiger partial charge in [0, 0.05) is 7.11 Å². The minimum atomic E-state index is 0.0264. The maximum atomic E-state index is 10.1. The number of rotatable bonds is 3. The lowest BCUT2D eigenvalue weighted by atomic mass is 9.98. The van der Waals surface area contributed by atoms with Gasteiger partial charge in [-0.15, -0.1) is 0 Å². The van der Waals surface area contributed by atoms with Gasteiger partial charge in [0.1, 0.15) is 11.5 Å². The summed E-state index contributed by atoms with van der Waals surface area (Å²) >= 11 is 3.25. The van der Waals surface area contributed by atoms with Crippen molar-refractivity contribution in [3.63, 3.8) is 0 Å². The van der Waals surface area contributed by atoms with Gasteiger partial charge in [0.05, 0.1) is 16.6 Å². The van der Waals surface area contributed by atoms with Crippen LogP contribution >= 0.6 is 15.9 Å². The Kier molecular flexibility index (Phi) is 3.89. The lowest BCUT2D eigenvalue weighted by molar-refractivity contribution is 0.185. The van der Waals surface area contributed by atoms with E-state index in [0.29, 0.717) is 16.6 Å². The summed E-state index contributed by atoms with van der Waals surface area (Å²) in [5, 5.41) is 20.0. The molecule has 0 saturated heterocycles. The highest BCUT2D eigenvalue weighted by Gasteiger charge is 2.15. The van der Waals surface area contributed by atoms with Crippen LogP contribution in [0, 0.1) is 0 Å². The highest BCUT2D eigenvalue weighted by atomic mass is 79.9. The van der Waals surface area contributed by atoms with Crippen molar-refractivity contribution in [2.24, 2.45) is 0 Å². The van der Waals surface area contributed by atoms with Crippen LogP contribution in [0.4, 0.5) is 0 Å². The normalized spacial score (nSPS) is 10.6. The largest absolute Gasteiger partial charge is 0.507 e. The summed E-state index contributed by atoms with van der Waals surface area (Å²) in [6.45, 7) is 0.418. The second kappa shape index (κ2) is 5.42. The Bertz CT molecular complexity index is 567. The number of phenols is 2. The zero-order valence-corrected chi connectivity index (χ0v) is 11.4. The van der Waals surface area contributed by atoms with Gasteiger partial charge >= 0.3 is 0 Å². The SMILES string of the molecule is COCc1ccccc1-c1c(O)ccc(Br)c1O. The highest BCUT2D eigenvalue weighted by molar-refractivity contribution is 9.10. The summed E-state index contributed by atoms with van der Waals surface area (Å²) in [4.78, 5) is 0. The molecule has 0 spiro atoms. The lowest BCUT2D eigenvalue weighted by Crippen LogP contribution is -1.92. The zero-order valence-electron chi connectivity index (χ0n) is 9.85. The van der Waals surface area contributed by atoms with Crippen molar-refractivity contribution in [3.05, 3.63) is 46.4 Å². The number of halogens is 1. The van der Waals surface area contributed by atoms with Crippen LogP contribution < -0.4 is 0 Å². The number of phenolic OH excluding ortho intramolecular Hbond substituents is 2. The van der Waals surface area contributed by atoms with E-state index in [1.165, 1.54) is 0 Å². The van der Waals surface area contributed by atoms with E-state index >= 15 is 0 Å². The van der Waals surface area contributed by atoms with Gasteiger partial charge < -0.3 is 14.9 Å². The summed E-state index contributed by atoms with van der Waals surface area (Å²) in [6, 6.07) is 10.6. The summed E-state index contributed by atoms with van der Waals surface area (Å²) < 4.78 is 5.67. The first-order valence-corrected chi connectivity index (χ1v) is 6.22. The molecule has 4 heteroatoms. The quantitative estimate of drug-likeness (QED) is 0.909. The van der Waals surface area contributed by atoms with Gasteiger partial charge in [-0.1, -0.05) is 24.3 Å². The molecule has 0 unspecified atom stereocenters. The molecule has 0 atom stereocenters. The van der Waals surface area contributed by atoms with Crippen LogP contribution in [0.1, 0.15) is 5.56 Å². The molecule has 0 aliphatic rings. The van der Waals surface area contributed by atoms with E-state index in [1.54, 1.807) is 19.2 Å². The molecule has 0 fully saturated rings. The van der Waals surface area contributed by atoms with Crippen molar-refractivity contribution in [2.75, 3.05) is 7.11 Å². The molecule has 0 amide bonds. The maximum absolute atomic E-state index is 10.1. The van der Waals surface area contributed by atoms with Crippen LogP contribution in [0.3, 0.4) is 0 Å². The first-order valence-electron chi connectivity index (χ1n) is 5.42. The Morgan fingerprint density at radius 1 is 1.11 bits per heavy atom. The predicted molar refractivity (Wildman–Crippen MR) is 73.6 cm³/mol. The number of ether oxygens (including phenoxy) is 1. The first-order chi connectivity index (χ1) is 8.65. The average Bonchev–Trinajstić information content (AvgIpc) is 2.37. The number of hydrogen-bond donors (Lipinski definition) is 2. The molecular weight excluding hydrogens is 296 g/mol. The summed E-state index contributed by atoms with van der Waals surface area (Å²) in [5.41, 5.74) is 2.08. The molecule has 0 aliphatic carbocycles. The molecule has 2 aromatic carbocycles. The van der Waals surface area contributed by atoms with Crippen molar-refractivity contribution >= 4 is 15.9 Å². The third-order valence-corrected chi connectivity index (χ3v) is 3.33. The molecule has 0 aliphatic heterocycles. The standard InChI is InChI=1S/C14H13BrO3/c1-18-8-9-4-2-3-5-10(9)13-12(16)7-6-11(15)14(13)17/h2-7,16-17H,8H2,1H3. The zero-order chi connectivity index (χ0) is 13.1. The van der Waals surface area contributed by atoms with Crippen LogP contribution in [-0.2, 0) is 11.3 Å². The minimum Gasteiger partial charge on any atom is -0.507 e. The van der Waals surface area contributed by atoms with Crippen LogP contribution in [0.2, 0.25) is 0 Å². The number of methoxy groups -OCH3 is 1. The van der Waals surface area contributed by atoms with E-state index in [2.05, 4.69) is 15.9 Å². The third-order valence-electron chi connectivity index (χ3n) is 2.69. The first kappa shape index (κ1) is 12.9. The Balaban J connectivity index is 2.65. The number of aromatic hydroxyl groups is 2. The van der Waals surface area contributed by atoms with Crippen LogP contribution in [0.15, 0.2) is 40.9 Å². The molecular formula is C14H13BrO3. The molecule has 2 rings (SSSR count). The van der Waals surface area contributed by atoms with E-state index in [1.807, 2.05) is 24.3 Å². The van der Waals surface area contributed by atoms with Crippen molar-refractivity contribution in [3.8, 4) is 22.6 Å². The molecule has 3 nitrogen and oxygen atoms in total. The Morgan fingerprint density at radius 3 is 2.56 bits per heavy atom. The Morgan fingerprint density at radius 2 is 1.83 bits per heavy atom. The topological polar surface area (TPSA) is 49.7 Å². The van der Waals surface area contributed by atoms with E-state index in [9.17, 15) is 10.2 Å². The summed E-state index contributed by atoms with van der Waals surface area (Å²) in [7, 11) is 1.61. The van der Waals surface area contributed by atoms with E-state index in [0.717, 1.165) is 11.1 Å². The number of benzene rings is 2. The van der Waals surface area contributed by atoms with Gasteiger partial charge in [0.2, 0.25) is 0 Å².